The summed E-state index contributed by atoms with van der Waals surface area (Å²) in [7, 11) is 0. The molecule has 4 nitrogen and oxygen atoms in total. The van der Waals surface area contributed by atoms with Crippen LogP contribution in [0, 0.1) is 5.82 Å². The van der Waals surface area contributed by atoms with Crippen molar-refractivity contribution in [1.29, 1.82) is 0 Å². The van der Waals surface area contributed by atoms with Crippen molar-refractivity contribution in [3.8, 4) is 11.4 Å². The Kier molecular flexibility index (Phi) is 5.10. The van der Waals surface area contributed by atoms with Crippen molar-refractivity contribution in [3.05, 3.63) is 50.4 Å². The minimum atomic E-state index is -4.85. The van der Waals surface area contributed by atoms with Gasteiger partial charge in [0.25, 0.3) is 5.56 Å². The lowest BCUT2D eigenvalue weighted by molar-refractivity contribution is -0.141. The molecule has 0 saturated carbocycles. The molecule has 0 spiro atoms. The molecule has 0 atom stereocenters. The van der Waals surface area contributed by atoms with Crippen molar-refractivity contribution < 1.29 is 22.3 Å². The molecular formula is C14H10Cl2F4N2O2. The van der Waals surface area contributed by atoms with Gasteiger partial charge in [0.1, 0.15) is 11.6 Å². The van der Waals surface area contributed by atoms with Crippen LogP contribution in [-0.4, -0.2) is 15.7 Å². The predicted molar refractivity (Wildman–Crippen MR) is 80.6 cm³/mol. The maximum atomic E-state index is 14.1. The Balaban J connectivity index is 2.66. The second-order valence-electron chi connectivity index (χ2n) is 4.98. The summed E-state index contributed by atoms with van der Waals surface area (Å²) in [6.45, 7) is 3.39. The third-order valence-corrected chi connectivity index (χ3v) is 3.32. The molecule has 0 saturated heterocycles. The fourth-order valence-corrected chi connectivity index (χ4v) is 2.31. The zero-order valence-electron chi connectivity index (χ0n) is 12.3. The Morgan fingerprint density at radius 2 is 1.83 bits per heavy atom. The van der Waals surface area contributed by atoms with Gasteiger partial charge in [0.15, 0.2) is 5.69 Å². The highest BCUT2D eigenvalue weighted by atomic mass is 35.5. The van der Waals surface area contributed by atoms with Crippen LogP contribution in [0.3, 0.4) is 0 Å². The monoisotopic (exact) mass is 384 g/mol. The van der Waals surface area contributed by atoms with Gasteiger partial charge in [0, 0.05) is 12.1 Å². The van der Waals surface area contributed by atoms with Crippen LogP contribution in [0.1, 0.15) is 19.5 Å². The van der Waals surface area contributed by atoms with Crippen LogP contribution in [0.5, 0.6) is 5.75 Å². The van der Waals surface area contributed by atoms with Crippen molar-refractivity contribution in [2.75, 3.05) is 0 Å². The first-order chi connectivity index (χ1) is 11.0. The highest BCUT2D eigenvalue weighted by molar-refractivity contribution is 6.32. The van der Waals surface area contributed by atoms with E-state index in [4.69, 9.17) is 27.9 Å². The van der Waals surface area contributed by atoms with Gasteiger partial charge in [-0.25, -0.2) is 13.9 Å². The van der Waals surface area contributed by atoms with Crippen LogP contribution in [0.25, 0.3) is 5.69 Å². The van der Waals surface area contributed by atoms with Crippen LogP contribution < -0.4 is 10.3 Å². The number of alkyl halides is 3. The summed E-state index contributed by atoms with van der Waals surface area (Å²) in [5.41, 5.74) is -3.09. The fourth-order valence-electron chi connectivity index (χ4n) is 1.85. The van der Waals surface area contributed by atoms with Gasteiger partial charge >= 0.3 is 6.18 Å². The van der Waals surface area contributed by atoms with Crippen LogP contribution in [0.2, 0.25) is 10.3 Å². The van der Waals surface area contributed by atoms with Crippen molar-refractivity contribution in [2.45, 2.75) is 26.1 Å². The van der Waals surface area contributed by atoms with E-state index in [2.05, 4.69) is 4.98 Å². The molecule has 0 radical (unpaired) electrons. The summed E-state index contributed by atoms with van der Waals surface area (Å²) in [4.78, 5) is 15.1. The molecule has 1 heterocycles. The molecule has 0 aliphatic rings. The Hall–Kier alpha value is -1.80. The zero-order valence-corrected chi connectivity index (χ0v) is 13.8. The molecule has 0 aliphatic heterocycles. The first-order valence-corrected chi connectivity index (χ1v) is 7.29. The number of nitrogens with zero attached hydrogens (tertiary/aromatic N) is 2. The number of hydrogen-bond donors (Lipinski definition) is 0. The van der Waals surface area contributed by atoms with Gasteiger partial charge in [0.05, 0.1) is 16.8 Å². The number of hydrogen-bond acceptors (Lipinski definition) is 3. The molecule has 0 unspecified atom stereocenters. The molecule has 2 rings (SSSR count). The average Bonchev–Trinajstić information content (AvgIpc) is 2.41. The topological polar surface area (TPSA) is 44.1 Å². The number of benzene rings is 1. The average molecular weight is 385 g/mol. The molecule has 0 N–H and O–H groups in total. The lowest BCUT2D eigenvalue weighted by Crippen LogP contribution is -2.24. The van der Waals surface area contributed by atoms with E-state index in [1.807, 2.05) is 0 Å². The lowest BCUT2D eigenvalue weighted by Gasteiger charge is -2.15. The zero-order chi connectivity index (χ0) is 18.2. The van der Waals surface area contributed by atoms with Gasteiger partial charge in [0.2, 0.25) is 5.28 Å². The highest BCUT2D eigenvalue weighted by Crippen LogP contribution is 2.32. The number of halogens is 6. The molecule has 24 heavy (non-hydrogen) atoms. The normalized spacial score (nSPS) is 11.9. The summed E-state index contributed by atoms with van der Waals surface area (Å²) in [6.07, 6.45) is -5.16. The minimum Gasteiger partial charge on any atom is -0.489 e. The number of aromatic nitrogens is 2. The summed E-state index contributed by atoms with van der Waals surface area (Å²) in [6, 6.07) is 2.16. The van der Waals surface area contributed by atoms with Gasteiger partial charge < -0.3 is 4.74 Å². The maximum absolute atomic E-state index is 14.1. The first kappa shape index (κ1) is 18.5. The SMILES string of the molecule is CC(C)Oc1cc(-n2c(Cl)nc(C(F)(F)F)cc2=O)c(F)cc1Cl. The van der Waals surface area contributed by atoms with Crippen molar-refractivity contribution in [2.24, 2.45) is 0 Å². The van der Waals surface area contributed by atoms with Gasteiger partial charge in [-0.2, -0.15) is 13.2 Å². The van der Waals surface area contributed by atoms with E-state index >= 15 is 0 Å². The van der Waals surface area contributed by atoms with Crippen molar-refractivity contribution in [1.82, 2.24) is 9.55 Å². The first-order valence-electron chi connectivity index (χ1n) is 6.53. The van der Waals surface area contributed by atoms with Crippen LogP contribution in [-0.2, 0) is 6.18 Å². The van der Waals surface area contributed by atoms with Gasteiger partial charge in [-0.05, 0) is 31.5 Å². The molecule has 130 valence electrons. The Morgan fingerprint density at radius 3 is 2.33 bits per heavy atom. The molecule has 2 aromatic rings. The van der Waals surface area contributed by atoms with Crippen LogP contribution >= 0.6 is 23.2 Å². The minimum absolute atomic E-state index is 0.0472. The van der Waals surface area contributed by atoms with E-state index in [0.29, 0.717) is 4.57 Å². The quantitative estimate of drug-likeness (QED) is 0.578. The summed E-state index contributed by atoms with van der Waals surface area (Å²) in [5, 5.41) is -0.902. The van der Waals surface area contributed by atoms with Crippen LogP contribution in [0.15, 0.2) is 23.0 Å². The van der Waals surface area contributed by atoms with E-state index in [0.717, 1.165) is 12.1 Å². The smallest absolute Gasteiger partial charge is 0.433 e. The molecule has 0 fully saturated rings. The van der Waals surface area contributed by atoms with Crippen LogP contribution in [0.4, 0.5) is 17.6 Å². The second kappa shape index (κ2) is 6.60. The van der Waals surface area contributed by atoms with Gasteiger partial charge in [-0.3, -0.25) is 4.79 Å². The molecule has 10 heteroatoms. The van der Waals surface area contributed by atoms with Crippen molar-refractivity contribution in [3.63, 3.8) is 0 Å². The molecule has 1 aromatic carbocycles. The van der Waals surface area contributed by atoms with Crippen molar-refractivity contribution >= 4 is 23.2 Å². The van der Waals surface area contributed by atoms with E-state index in [1.165, 1.54) is 0 Å². The third-order valence-electron chi connectivity index (χ3n) is 2.77. The van der Waals surface area contributed by atoms with Gasteiger partial charge in [-0.1, -0.05) is 11.6 Å². The Bertz CT molecular complexity index is 835. The lowest BCUT2D eigenvalue weighted by atomic mass is 10.2. The number of ether oxygens (including phenoxy) is 1. The van der Waals surface area contributed by atoms with E-state index in [9.17, 15) is 22.4 Å². The fraction of sp³-hybridized carbons (Fsp3) is 0.286. The summed E-state index contributed by atoms with van der Waals surface area (Å²) >= 11 is 11.5. The van der Waals surface area contributed by atoms with Gasteiger partial charge in [-0.15, -0.1) is 0 Å². The maximum Gasteiger partial charge on any atom is 0.433 e. The van der Waals surface area contributed by atoms with E-state index in [1.54, 1.807) is 13.8 Å². The van der Waals surface area contributed by atoms with E-state index < -0.39 is 34.2 Å². The highest BCUT2D eigenvalue weighted by Gasteiger charge is 2.34. The molecule has 0 amide bonds. The molecule has 1 aromatic heterocycles. The standard InChI is InChI=1S/C14H10Cl2F4N2O2/c1-6(2)24-10-4-9(8(17)3-7(10)15)22-12(23)5-11(14(18,19)20)21-13(22)16/h3-6H,1-2H3. The largest absolute Gasteiger partial charge is 0.489 e. The summed E-state index contributed by atoms with van der Waals surface area (Å²) in [5.74, 6) is -0.924. The Morgan fingerprint density at radius 1 is 1.21 bits per heavy atom. The number of rotatable bonds is 3. The molecular weight excluding hydrogens is 375 g/mol. The molecule has 0 aliphatic carbocycles. The summed E-state index contributed by atoms with van der Waals surface area (Å²) < 4.78 is 57.9. The predicted octanol–water partition coefficient (Wildman–Crippen LogP) is 4.48. The molecule has 0 bridgehead atoms. The Labute approximate surface area is 143 Å². The third kappa shape index (κ3) is 3.81. The second-order valence-corrected chi connectivity index (χ2v) is 5.73. The van der Waals surface area contributed by atoms with E-state index in [-0.39, 0.29) is 22.9 Å².